The average Bonchev–Trinajstić information content (AvgIpc) is 3.32. The van der Waals surface area contributed by atoms with E-state index in [1.54, 1.807) is 26.2 Å². The molecule has 4 aromatic rings. The summed E-state index contributed by atoms with van der Waals surface area (Å²) < 4.78 is 7.08. The van der Waals surface area contributed by atoms with Crippen molar-refractivity contribution in [1.82, 2.24) is 18.7 Å². The van der Waals surface area contributed by atoms with Crippen LogP contribution in [0.2, 0.25) is 20.4 Å². The van der Waals surface area contributed by atoms with Gasteiger partial charge in [-0.05, 0) is 73.6 Å². The minimum Gasteiger partial charge on any atom is -0.506 e. The molecule has 200 valence electrons. The Balaban J connectivity index is 0.000000155. The zero-order valence-corrected chi connectivity index (χ0v) is 23.7. The van der Waals surface area contributed by atoms with Gasteiger partial charge in [-0.3, -0.25) is 19.0 Å². The Morgan fingerprint density at radius 3 is 1.47 bits per heavy atom. The number of hydrogen-bond acceptors (Lipinski definition) is 3. The van der Waals surface area contributed by atoms with E-state index in [2.05, 4.69) is 0 Å². The number of benzene rings is 2. The molecular formula is C27H26Cl4N4O3. The van der Waals surface area contributed by atoms with Gasteiger partial charge in [0.15, 0.2) is 0 Å². The second-order valence-corrected chi connectivity index (χ2v) is 11.0. The maximum atomic E-state index is 12.5. The lowest BCUT2D eigenvalue weighted by atomic mass is 10.1. The van der Waals surface area contributed by atoms with E-state index in [4.69, 9.17) is 46.4 Å². The van der Waals surface area contributed by atoms with Crippen LogP contribution in [-0.4, -0.2) is 23.8 Å². The van der Waals surface area contributed by atoms with Crippen LogP contribution >= 0.6 is 46.4 Å². The molecule has 7 nitrogen and oxygen atoms in total. The van der Waals surface area contributed by atoms with Crippen LogP contribution in [0.15, 0.2) is 46.0 Å². The Morgan fingerprint density at radius 1 is 0.632 bits per heavy atom. The van der Waals surface area contributed by atoms with Crippen molar-refractivity contribution in [3.05, 3.63) is 83.0 Å². The summed E-state index contributed by atoms with van der Waals surface area (Å²) in [6.07, 6.45) is 4.08. The first kappa shape index (κ1) is 27.0. The Morgan fingerprint density at radius 2 is 1.05 bits per heavy atom. The third-order valence-corrected chi connectivity index (χ3v) is 8.52. The predicted molar refractivity (Wildman–Crippen MR) is 153 cm³/mol. The molecule has 0 amide bonds. The zero-order chi connectivity index (χ0) is 27.1. The van der Waals surface area contributed by atoms with Crippen LogP contribution in [0, 0.1) is 6.92 Å². The Labute approximate surface area is 239 Å². The number of nitrogens with zero attached hydrogens (tertiary/aromatic N) is 4. The first-order chi connectivity index (χ1) is 18.2. The quantitative estimate of drug-likeness (QED) is 0.275. The van der Waals surface area contributed by atoms with Gasteiger partial charge in [0, 0.05) is 31.2 Å². The van der Waals surface area contributed by atoms with Crippen molar-refractivity contribution in [2.75, 3.05) is 0 Å². The maximum absolute atomic E-state index is 12.5. The van der Waals surface area contributed by atoms with Gasteiger partial charge in [0.25, 0.3) is 11.1 Å². The minimum absolute atomic E-state index is 0.00794. The number of aromatic hydroxyl groups is 1. The zero-order valence-electron chi connectivity index (χ0n) is 20.7. The summed E-state index contributed by atoms with van der Waals surface area (Å²) in [5.41, 5.74) is 3.26. The molecule has 0 aliphatic carbocycles. The minimum atomic E-state index is -0.119. The van der Waals surface area contributed by atoms with Gasteiger partial charge in [-0.2, -0.15) is 0 Å². The van der Waals surface area contributed by atoms with Gasteiger partial charge in [-0.1, -0.05) is 58.5 Å². The van der Waals surface area contributed by atoms with Crippen molar-refractivity contribution >= 4 is 46.4 Å². The van der Waals surface area contributed by atoms with Gasteiger partial charge in [0.05, 0.1) is 16.1 Å². The molecule has 2 aromatic carbocycles. The lowest BCUT2D eigenvalue weighted by Gasteiger charge is -2.17. The van der Waals surface area contributed by atoms with Crippen molar-refractivity contribution in [2.24, 2.45) is 0 Å². The Kier molecular flexibility index (Phi) is 7.74. The highest BCUT2D eigenvalue weighted by Gasteiger charge is 2.23. The van der Waals surface area contributed by atoms with E-state index in [-0.39, 0.29) is 21.9 Å². The summed E-state index contributed by atoms with van der Waals surface area (Å²) in [5, 5.41) is 11.6. The van der Waals surface area contributed by atoms with Gasteiger partial charge in [-0.25, -0.2) is 9.36 Å². The van der Waals surface area contributed by atoms with Gasteiger partial charge < -0.3 is 5.11 Å². The Bertz CT molecular complexity index is 1530. The molecule has 0 fully saturated rings. The summed E-state index contributed by atoms with van der Waals surface area (Å²) in [4.78, 5) is 24.8. The van der Waals surface area contributed by atoms with E-state index in [9.17, 15) is 14.7 Å². The molecule has 1 N–H and O–H groups in total. The van der Waals surface area contributed by atoms with Crippen LogP contribution in [0.4, 0.5) is 0 Å². The number of hydrogen-bond donors (Lipinski definition) is 1. The maximum Gasteiger partial charge on any atom is 0.276 e. The van der Waals surface area contributed by atoms with Crippen molar-refractivity contribution in [2.45, 2.75) is 58.8 Å². The molecule has 0 bridgehead atoms. The lowest BCUT2D eigenvalue weighted by molar-refractivity contribution is 0.356. The van der Waals surface area contributed by atoms with Crippen LogP contribution in [0.5, 0.6) is 5.75 Å². The van der Waals surface area contributed by atoms with Gasteiger partial charge in [-0.15, -0.1) is 0 Å². The molecule has 4 heterocycles. The predicted octanol–water partition coefficient (Wildman–Crippen LogP) is 6.85. The highest BCUT2D eigenvalue weighted by molar-refractivity contribution is 6.33. The standard InChI is InChI=1S/C14H14Cl2N2O.C13H12Cl2N2O2/c1-9-8-10(4-5-11(9)15)12-13(16)17-6-2-3-7-18(17)14(12)19;14-9-4-3-8(7-10(9)18)11-12(15)16-5-1-2-6-17(16)13(11)19/h4-5,8H,2-3,6-7H2,1H3;3-4,7,18H,1-2,5-6H2. The second-order valence-electron chi connectivity index (χ2n) is 9.48. The molecule has 6 rings (SSSR count). The number of rotatable bonds is 2. The van der Waals surface area contributed by atoms with Crippen molar-refractivity contribution in [3.63, 3.8) is 0 Å². The van der Waals surface area contributed by atoms with Crippen LogP contribution in [0.3, 0.4) is 0 Å². The molecule has 0 spiro atoms. The largest absolute Gasteiger partial charge is 0.506 e. The molecular weight excluding hydrogens is 570 g/mol. The normalized spacial score (nSPS) is 14.4. The molecule has 2 aromatic heterocycles. The van der Waals surface area contributed by atoms with E-state index in [0.717, 1.165) is 56.4 Å². The molecule has 2 aliphatic heterocycles. The number of halogens is 4. The second kappa shape index (κ2) is 10.9. The highest BCUT2D eigenvalue weighted by atomic mass is 35.5. The molecule has 0 unspecified atom stereocenters. The third-order valence-electron chi connectivity index (χ3n) is 7.01. The van der Waals surface area contributed by atoms with Crippen LogP contribution in [0.1, 0.15) is 31.2 Å². The van der Waals surface area contributed by atoms with E-state index in [1.165, 1.54) is 6.07 Å². The van der Waals surface area contributed by atoms with E-state index in [0.29, 0.717) is 38.6 Å². The first-order valence-corrected chi connectivity index (χ1v) is 13.9. The molecule has 0 saturated carbocycles. The number of phenols is 1. The molecule has 2 aliphatic rings. The number of aromatic nitrogens is 4. The number of aryl methyl sites for hydroxylation is 1. The number of phenolic OH excluding ortho intramolecular Hbond substituents is 1. The van der Waals surface area contributed by atoms with Crippen LogP contribution in [-0.2, 0) is 26.2 Å². The molecule has 11 heteroatoms. The fourth-order valence-corrected chi connectivity index (χ4v) is 5.97. The summed E-state index contributed by atoms with van der Waals surface area (Å²) in [6, 6.07) is 10.3. The van der Waals surface area contributed by atoms with Crippen LogP contribution in [0.25, 0.3) is 22.3 Å². The van der Waals surface area contributed by atoms with Gasteiger partial charge in [0.2, 0.25) is 0 Å². The van der Waals surface area contributed by atoms with Gasteiger partial charge >= 0.3 is 0 Å². The molecule has 38 heavy (non-hydrogen) atoms. The SMILES string of the molecule is Cc1cc(-c2c(Cl)n3n(c2=O)CCCC3)ccc1Cl.O=c1c(-c2ccc(Cl)c(O)c2)c(Cl)n2n1CCCC2. The summed E-state index contributed by atoms with van der Waals surface area (Å²) in [6.45, 7) is 4.89. The van der Waals surface area contributed by atoms with E-state index in [1.807, 2.05) is 29.8 Å². The highest BCUT2D eigenvalue weighted by Crippen LogP contribution is 2.33. The fourth-order valence-electron chi connectivity index (χ4n) is 5.01. The van der Waals surface area contributed by atoms with Crippen LogP contribution < -0.4 is 11.1 Å². The summed E-state index contributed by atoms with van der Waals surface area (Å²) >= 11 is 24.5. The molecule has 0 radical (unpaired) electrons. The lowest BCUT2D eigenvalue weighted by Crippen LogP contribution is -2.27. The smallest absolute Gasteiger partial charge is 0.276 e. The van der Waals surface area contributed by atoms with Crippen molar-refractivity contribution in [3.8, 4) is 28.0 Å². The van der Waals surface area contributed by atoms with E-state index >= 15 is 0 Å². The monoisotopic (exact) mass is 594 g/mol. The number of fused-ring (bicyclic) bond motifs is 2. The van der Waals surface area contributed by atoms with Crippen molar-refractivity contribution in [1.29, 1.82) is 0 Å². The first-order valence-electron chi connectivity index (χ1n) is 12.4. The van der Waals surface area contributed by atoms with E-state index < -0.39 is 0 Å². The fraction of sp³-hybridized carbons (Fsp3) is 0.333. The van der Waals surface area contributed by atoms with Crippen molar-refractivity contribution < 1.29 is 5.11 Å². The topological polar surface area (TPSA) is 74.1 Å². The molecule has 0 atom stereocenters. The Hall–Kier alpha value is -2.58. The molecule has 0 saturated heterocycles. The summed E-state index contributed by atoms with van der Waals surface area (Å²) in [5.74, 6) is -0.0520. The average molecular weight is 596 g/mol. The van der Waals surface area contributed by atoms with Gasteiger partial charge in [0.1, 0.15) is 16.1 Å². The summed E-state index contributed by atoms with van der Waals surface area (Å²) in [7, 11) is 0. The third kappa shape index (κ3) is 4.81.